The Hall–Kier alpha value is -0.510. The zero-order valence-corrected chi connectivity index (χ0v) is 12.1. The molecule has 0 aliphatic carbocycles. The fourth-order valence-electron chi connectivity index (χ4n) is 2.44. The van der Waals surface area contributed by atoms with Crippen LogP contribution in [0, 0.1) is 0 Å². The van der Waals surface area contributed by atoms with Crippen LogP contribution in [0.1, 0.15) is 24.9 Å². The Morgan fingerprint density at radius 2 is 1.94 bits per heavy atom. The van der Waals surface area contributed by atoms with Crippen LogP contribution in [-0.4, -0.2) is 42.6 Å². The average Bonchev–Trinajstić information content (AvgIpc) is 2.46. The van der Waals surface area contributed by atoms with Gasteiger partial charge in [0.05, 0.1) is 0 Å². The lowest BCUT2D eigenvalue weighted by Crippen LogP contribution is -2.40. The molecular formula is C15H24N2S. The van der Waals surface area contributed by atoms with Crippen LogP contribution in [0.2, 0.25) is 0 Å². The Bertz CT molecular complexity index is 323. The molecule has 0 spiro atoms. The summed E-state index contributed by atoms with van der Waals surface area (Å²) in [5.74, 6) is 2.55. The lowest BCUT2D eigenvalue weighted by atomic mass is 10.1. The van der Waals surface area contributed by atoms with Crippen molar-refractivity contribution in [1.82, 2.24) is 10.2 Å². The van der Waals surface area contributed by atoms with Crippen LogP contribution in [0.4, 0.5) is 0 Å². The molecule has 1 aromatic carbocycles. The van der Waals surface area contributed by atoms with Gasteiger partial charge in [-0.15, -0.1) is 0 Å². The molecule has 0 bridgehead atoms. The van der Waals surface area contributed by atoms with E-state index in [-0.39, 0.29) is 0 Å². The van der Waals surface area contributed by atoms with Gasteiger partial charge in [-0.05, 0) is 18.5 Å². The third-order valence-electron chi connectivity index (χ3n) is 3.44. The van der Waals surface area contributed by atoms with E-state index in [1.165, 1.54) is 36.6 Å². The van der Waals surface area contributed by atoms with E-state index in [0.717, 1.165) is 13.1 Å². The summed E-state index contributed by atoms with van der Waals surface area (Å²) < 4.78 is 0. The standard InChI is InChI=1S/C15H24N2S/c1-2-8-16-13-15(14-6-4-3-5-7-14)17-9-11-18-12-10-17/h3-7,15-16H,2,8-13H2,1H3. The van der Waals surface area contributed by atoms with E-state index in [1.807, 2.05) is 0 Å². The molecule has 18 heavy (non-hydrogen) atoms. The van der Waals surface area contributed by atoms with Crippen molar-refractivity contribution >= 4 is 11.8 Å². The highest BCUT2D eigenvalue weighted by atomic mass is 32.2. The molecular weight excluding hydrogens is 240 g/mol. The molecule has 1 aliphatic rings. The van der Waals surface area contributed by atoms with E-state index in [0.29, 0.717) is 6.04 Å². The molecule has 2 nitrogen and oxygen atoms in total. The minimum atomic E-state index is 0.540. The zero-order chi connectivity index (χ0) is 12.6. The van der Waals surface area contributed by atoms with Gasteiger partial charge in [-0.3, -0.25) is 4.90 Å². The maximum absolute atomic E-state index is 3.58. The highest BCUT2D eigenvalue weighted by Gasteiger charge is 2.21. The second-order valence-electron chi connectivity index (χ2n) is 4.78. The SMILES string of the molecule is CCCNCC(c1ccccc1)N1CCSCC1. The maximum atomic E-state index is 3.58. The Kier molecular flexibility index (Phi) is 6.05. The fourth-order valence-corrected chi connectivity index (χ4v) is 3.37. The fraction of sp³-hybridized carbons (Fsp3) is 0.600. The molecule has 2 rings (SSSR count). The second kappa shape index (κ2) is 7.82. The van der Waals surface area contributed by atoms with Crippen molar-refractivity contribution in [2.24, 2.45) is 0 Å². The van der Waals surface area contributed by atoms with Gasteiger partial charge in [0.1, 0.15) is 0 Å². The summed E-state index contributed by atoms with van der Waals surface area (Å²) >= 11 is 2.08. The number of nitrogens with zero attached hydrogens (tertiary/aromatic N) is 1. The first-order valence-electron chi connectivity index (χ1n) is 6.99. The number of benzene rings is 1. The molecule has 1 saturated heterocycles. The molecule has 0 aromatic heterocycles. The first-order valence-corrected chi connectivity index (χ1v) is 8.14. The van der Waals surface area contributed by atoms with E-state index in [2.05, 4.69) is 59.2 Å². The van der Waals surface area contributed by atoms with Crippen LogP contribution in [0.5, 0.6) is 0 Å². The van der Waals surface area contributed by atoms with E-state index in [1.54, 1.807) is 0 Å². The molecule has 100 valence electrons. The van der Waals surface area contributed by atoms with Crippen molar-refractivity contribution in [1.29, 1.82) is 0 Å². The number of hydrogen-bond acceptors (Lipinski definition) is 3. The average molecular weight is 264 g/mol. The minimum Gasteiger partial charge on any atom is -0.315 e. The number of thioether (sulfide) groups is 1. The molecule has 1 aliphatic heterocycles. The molecule has 1 atom stereocenters. The van der Waals surface area contributed by atoms with E-state index in [9.17, 15) is 0 Å². The summed E-state index contributed by atoms with van der Waals surface area (Å²) in [5, 5.41) is 3.58. The molecule has 1 fully saturated rings. The summed E-state index contributed by atoms with van der Waals surface area (Å²) in [4.78, 5) is 2.63. The Balaban J connectivity index is 2.01. The predicted molar refractivity (Wildman–Crippen MR) is 81.2 cm³/mol. The summed E-state index contributed by atoms with van der Waals surface area (Å²) in [6.45, 7) is 6.85. The number of nitrogens with one attached hydrogen (secondary N) is 1. The molecule has 1 aromatic rings. The van der Waals surface area contributed by atoms with Gasteiger partial charge in [0.15, 0.2) is 0 Å². The van der Waals surface area contributed by atoms with Gasteiger partial charge in [0.2, 0.25) is 0 Å². The van der Waals surface area contributed by atoms with Gasteiger partial charge < -0.3 is 5.32 Å². The molecule has 3 heteroatoms. The zero-order valence-electron chi connectivity index (χ0n) is 11.3. The van der Waals surface area contributed by atoms with Gasteiger partial charge in [-0.2, -0.15) is 11.8 Å². The van der Waals surface area contributed by atoms with Crippen LogP contribution in [0.15, 0.2) is 30.3 Å². The Morgan fingerprint density at radius 1 is 1.22 bits per heavy atom. The van der Waals surface area contributed by atoms with Crippen molar-refractivity contribution in [3.05, 3.63) is 35.9 Å². The van der Waals surface area contributed by atoms with Crippen molar-refractivity contribution < 1.29 is 0 Å². The summed E-state index contributed by atoms with van der Waals surface area (Å²) in [7, 11) is 0. The van der Waals surface area contributed by atoms with Crippen LogP contribution in [0.25, 0.3) is 0 Å². The number of rotatable bonds is 6. The highest BCUT2D eigenvalue weighted by Crippen LogP contribution is 2.23. The second-order valence-corrected chi connectivity index (χ2v) is 6.00. The Labute approximate surface area is 115 Å². The Morgan fingerprint density at radius 3 is 2.61 bits per heavy atom. The lowest BCUT2D eigenvalue weighted by Gasteiger charge is -2.35. The quantitative estimate of drug-likeness (QED) is 0.795. The van der Waals surface area contributed by atoms with Crippen molar-refractivity contribution in [2.75, 3.05) is 37.7 Å². The molecule has 1 heterocycles. The summed E-state index contributed by atoms with van der Waals surface area (Å²) in [5.41, 5.74) is 1.45. The third kappa shape index (κ3) is 4.01. The largest absolute Gasteiger partial charge is 0.315 e. The predicted octanol–water partition coefficient (Wildman–Crippen LogP) is 2.78. The summed E-state index contributed by atoms with van der Waals surface area (Å²) in [6.07, 6.45) is 1.21. The lowest BCUT2D eigenvalue weighted by molar-refractivity contribution is 0.213. The molecule has 1 N–H and O–H groups in total. The van der Waals surface area contributed by atoms with Gasteiger partial charge in [-0.1, -0.05) is 37.3 Å². The normalized spacial score (nSPS) is 18.7. The maximum Gasteiger partial charge on any atom is 0.0473 e. The van der Waals surface area contributed by atoms with Crippen LogP contribution >= 0.6 is 11.8 Å². The van der Waals surface area contributed by atoms with Gasteiger partial charge in [0, 0.05) is 37.2 Å². The van der Waals surface area contributed by atoms with Gasteiger partial charge in [-0.25, -0.2) is 0 Å². The molecule has 0 saturated carbocycles. The smallest absolute Gasteiger partial charge is 0.0473 e. The topological polar surface area (TPSA) is 15.3 Å². The van der Waals surface area contributed by atoms with Crippen molar-refractivity contribution in [3.63, 3.8) is 0 Å². The van der Waals surface area contributed by atoms with Crippen molar-refractivity contribution in [2.45, 2.75) is 19.4 Å². The third-order valence-corrected chi connectivity index (χ3v) is 4.38. The van der Waals surface area contributed by atoms with Gasteiger partial charge >= 0.3 is 0 Å². The van der Waals surface area contributed by atoms with E-state index < -0.39 is 0 Å². The van der Waals surface area contributed by atoms with E-state index in [4.69, 9.17) is 0 Å². The van der Waals surface area contributed by atoms with E-state index >= 15 is 0 Å². The minimum absolute atomic E-state index is 0.540. The molecule has 0 radical (unpaired) electrons. The monoisotopic (exact) mass is 264 g/mol. The highest BCUT2D eigenvalue weighted by molar-refractivity contribution is 7.99. The molecule has 0 amide bonds. The summed E-state index contributed by atoms with van der Waals surface area (Å²) in [6, 6.07) is 11.5. The first-order chi connectivity index (χ1) is 8.92. The van der Waals surface area contributed by atoms with Crippen LogP contribution < -0.4 is 5.32 Å². The van der Waals surface area contributed by atoms with Crippen LogP contribution in [-0.2, 0) is 0 Å². The first kappa shape index (κ1) is 13.9. The van der Waals surface area contributed by atoms with Gasteiger partial charge in [0.25, 0.3) is 0 Å². The van der Waals surface area contributed by atoms with Crippen LogP contribution in [0.3, 0.4) is 0 Å². The number of hydrogen-bond donors (Lipinski definition) is 1. The van der Waals surface area contributed by atoms with Crippen molar-refractivity contribution in [3.8, 4) is 0 Å². The molecule has 1 unspecified atom stereocenters.